The third-order valence-corrected chi connectivity index (χ3v) is 8.99. The van der Waals surface area contributed by atoms with E-state index in [1.54, 1.807) is 0 Å². The van der Waals surface area contributed by atoms with Crippen molar-refractivity contribution in [3.63, 3.8) is 0 Å². The number of aliphatic hydroxyl groups excluding tert-OH is 4. The van der Waals surface area contributed by atoms with Gasteiger partial charge in [0.1, 0.15) is 24.5 Å². The van der Waals surface area contributed by atoms with Crippen LogP contribution < -0.4 is 44.8 Å². The number of hydrogen-bond donors (Lipinski definition) is 11. The molecule has 0 unspecified atom stereocenters. The number of unbranched alkanes of at least 4 members (excludes halogenated alkanes) is 3. The molecule has 2 aliphatic heterocycles. The van der Waals surface area contributed by atoms with Crippen LogP contribution in [0.25, 0.3) is 0 Å². The lowest BCUT2D eigenvalue weighted by atomic mass is 9.82. The highest BCUT2D eigenvalue weighted by atomic mass is 16.7. The van der Waals surface area contributed by atoms with Crippen molar-refractivity contribution in [2.24, 2.45) is 22.9 Å². The Morgan fingerprint density at radius 1 is 1.00 bits per heavy atom. The number of carbonyl (C=O) groups excluding carboxylic acids is 1. The van der Waals surface area contributed by atoms with Gasteiger partial charge in [-0.25, -0.2) is 4.79 Å². The van der Waals surface area contributed by atoms with E-state index in [4.69, 9.17) is 37.1 Å². The zero-order valence-electron chi connectivity index (χ0n) is 25.9. The molecule has 13 atom stereocenters. The molecule has 0 aromatic carbocycles. The van der Waals surface area contributed by atoms with Crippen molar-refractivity contribution in [3.05, 3.63) is 32.6 Å². The topological polar surface area (TPSA) is 309 Å². The monoisotopic (exact) mass is 658 g/mol. The molecular weight excluding hydrogens is 608 g/mol. The molecule has 46 heavy (non-hydrogen) atoms. The molecule has 18 nitrogen and oxygen atoms in total. The molecule has 3 fully saturated rings. The number of rotatable bonds is 13. The van der Waals surface area contributed by atoms with E-state index >= 15 is 0 Å². The minimum atomic E-state index is -1.32. The van der Waals surface area contributed by atoms with Crippen LogP contribution in [0.4, 0.5) is 0 Å². The number of aliphatic hydroxyl groups is 4. The van der Waals surface area contributed by atoms with Gasteiger partial charge in [-0.1, -0.05) is 12.8 Å². The molecule has 0 radical (unpaired) electrons. The number of ether oxygens (including phenoxy) is 3. The summed E-state index contributed by atoms with van der Waals surface area (Å²) in [5.41, 5.74) is 23.3. The summed E-state index contributed by atoms with van der Waals surface area (Å²) in [6, 6.07) is -2.85. The number of amides is 1. The predicted molar refractivity (Wildman–Crippen MR) is 163 cm³/mol. The number of hydrogen-bond acceptors (Lipinski definition) is 15. The second-order valence-corrected chi connectivity index (χ2v) is 12.5. The average Bonchev–Trinajstić information content (AvgIpc) is 3.41. The summed E-state index contributed by atoms with van der Waals surface area (Å²) in [6.45, 7) is 2.34. The van der Waals surface area contributed by atoms with Crippen LogP contribution in [0, 0.1) is 6.92 Å². The van der Waals surface area contributed by atoms with Gasteiger partial charge in [0, 0.05) is 43.4 Å². The zero-order valence-corrected chi connectivity index (χ0v) is 25.9. The summed E-state index contributed by atoms with van der Waals surface area (Å²) < 4.78 is 18.6. The Morgan fingerprint density at radius 3 is 2.39 bits per heavy atom. The minimum Gasteiger partial charge on any atom is -0.390 e. The van der Waals surface area contributed by atoms with Crippen molar-refractivity contribution in [3.8, 4) is 0 Å². The lowest BCUT2D eigenvalue weighted by molar-refractivity contribution is -0.279. The summed E-state index contributed by atoms with van der Waals surface area (Å²) in [5.74, 6) is -0.489. The number of nitrogens with zero attached hydrogens (tertiary/aromatic N) is 1. The molecule has 3 aliphatic rings. The van der Waals surface area contributed by atoms with Crippen LogP contribution in [0.2, 0.25) is 0 Å². The fourth-order valence-corrected chi connectivity index (χ4v) is 6.21. The lowest BCUT2D eigenvalue weighted by Crippen LogP contribution is -2.69. The zero-order chi connectivity index (χ0) is 33.7. The van der Waals surface area contributed by atoms with Gasteiger partial charge < -0.3 is 68.2 Å². The van der Waals surface area contributed by atoms with Crippen LogP contribution in [-0.4, -0.2) is 129 Å². The standard InChI is InChI=1S/C28H50N8O10/c1-12-11-36(28(43)35-25(12)41)17-9-15(37)24(45-17)26(42)34-7-5-3-2-4-6-33-19-20(38)13(30)8-14(31)23(19)46-27-18(32)22(40)21(39)16(10-29)44-27/h11,13-24,27,33,37-40H,2-10,29-32H2,1H3,(H,34,42)(H,35,41,43)/t13-,14+,15+,16-,17-,18-,19+,20+,21-,22-,23-,24+,27-/m1/s1. The maximum Gasteiger partial charge on any atom is 0.330 e. The van der Waals surface area contributed by atoms with Gasteiger partial charge in [0.15, 0.2) is 12.4 Å². The molecular formula is C28H50N8O10. The Balaban J connectivity index is 1.18. The number of aromatic amines is 1. The van der Waals surface area contributed by atoms with Crippen LogP contribution in [0.3, 0.4) is 0 Å². The first kappa shape index (κ1) is 36.5. The van der Waals surface area contributed by atoms with E-state index in [9.17, 15) is 34.8 Å². The highest BCUT2D eigenvalue weighted by Gasteiger charge is 2.48. The van der Waals surface area contributed by atoms with E-state index in [0.29, 0.717) is 25.1 Å². The molecule has 1 aliphatic carbocycles. The van der Waals surface area contributed by atoms with Crippen molar-refractivity contribution in [1.82, 2.24) is 20.2 Å². The molecule has 0 spiro atoms. The van der Waals surface area contributed by atoms with Crippen molar-refractivity contribution in [1.29, 1.82) is 0 Å². The number of H-pyrrole nitrogens is 1. The molecule has 0 bridgehead atoms. The summed E-state index contributed by atoms with van der Waals surface area (Å²) in [5, 5.41) is 47.8. The summed E-state index contributed by atoms with van der Waals surface area (Å²) in [7, 11) is 0. The Kier molecular flexibility index (Phi) is 12.8. The van der Waals surface area contributed by atoms with Crippen LogP contribution in [0.1, 0.15) is 50.3 Å². The van der Waals surface area contributed by atoms with E-state index < -0.39 is 96.6 Å². The molecule has 1 amide bonds. The van der Waals surface area contributed by atoms with E-state index in [1.165, 1.54) is 13.1 Å². The first-order chi connectivity index (χ1) is 21.8. The molecule has 1 aromatic rings. The predicted octanol–water partition coefficient (Wildman–Crippen LogP) is -5.33. The van der Waals surface area contributed by atoms with Gasteiger partial charge in [0.2, 0.25) is 0 Å². The highest BCUT2D eigenvalue weighted by Crippen LogP contribution is 2.29. The molecule has 2 saturated heterocycles. The normalized spacial score (nSPS) is 38.2. The van der Waals surface area contributed by atoms with Gasteiger partial charge in [-0.05, 0) is 32.7 Å². The van der Waals surface area contributed by atoms with Gasteiger partial charge in [-0.2, -0.15) is 0 Å². The summed E-state index contributed by atoms with van der Waals surface area (Å²) in [4.78, 5) is 38.6. The smallest absolute Gasteiger partial charge is 0.330 e. The third-order valence-electron chi connectivity index (χ3n) is 8.99. The fraction of sp³-hybridized carbons (Fsp3) is 0.821. The third kappa shape index (κ3) is 8.38. The minimum absolute atomic E-state index is 0.0215. The largest absolute Gasteiger partial charge is 0.390 e. The molecule has 1 aromatic heterocycles. The van der Waals surface area contributed by atoms with Crippen molar-refractivity contribution in [2.45, 2.75) is 125 Å². The van der Waals surface area contributed by atoms with Crippen molar-refractivity contribution < 1.29 is 39.4 Å². The summed E-state index contributed by atoms with van der Waals surface area (Å²) >= 11 is 0. The van der Waals surface area contributed by atoms with E-state index in [0.717, 1.165) is 23.8 Å². The first-order valence-electron chi connectivity index (χ1n) is 15.8. The second-order valence-electron chi connectivity index (χ2n) is 12.5. The molecule has 18 heteroatoms. The lowest BCUT2D eigenvalue weighted by Gasteiger charge is -2.47. The van der Waals surface area contributed by atoms with Gasteiger partial charge in [0.25, 0.3) is 11.5 Å². The second kappa shape index (κ2) is 16.2. The van der Waals surface area contributed by atoms with Crippen LogP contribution >= 0.6 is 0 Å². The Labute approximate surface area is 265 Å². The quantitative estimate of drug-likeness (QED) is 0.0882. The van der Waals surface area contributed by atoms with Gasteiger partial charge >= 0.3 is 5.69 Å². The number of nitrogens with one attached hydrogen (secondary N) is 3. The van der Waals surface area contributed by atoms with Crippen molar-refractivity contribution >= 4 is 5.91 Å². The van der Waals surface area contributed by atoms with Gasteiger partial charge in [-0.3, -0.25) is 19.1 Å². The first-order valence-corrected chi connectivity index (χ1v) is 15.8. The molecule has 1 saturated carbocycles. The van der Waals surface area contributed by atoms with Crippen LogP contribution in [0.15, 0.2) is 15.8 Å². The number of carbonyl (C=O) groups is 1. The maximum atomic E-state index is 12.6. The number of aromatic nitrogens is 2. The maximum absolute atomic E-state index is 12.6. The Morgan fingerprint density at radius 2 is 1.70 bits per heavy atom. The Hall–Kier alpha value is -2.33. The highest BCUT2D eigenvalue weighted by molar-refractivity contribution is 5.81. The van der Waals surface area contributed by atoms with Crippen LogP contribution in [-0.2, 0) is 19.0 Å². The Bertz CT molecular complexity index is 1270. The molecule has 15 N–H and O–H groups in total. The van der Waals surface area contributed by atoms with Crippen LogP contribution in [0.5, 0.6) is 0 Å². The van der Waals surface area contributed by atoms with Gasteiger partial charge in [-0.15, -0.1) is 0 Å². The number of nitrogens with two attached hydrogens (primary N) is 4. The van der Waals surface area contributed by atoms with E-state index in [1.807, 2.05) is 0 Å². The molecule has 262 valence electrons. The molecule has 4 rings (SSSR count). The SMILES string of the molecule is Cc1cn([C@H]2C[C@H](O)[C@@H](C(=O)NCCCCCCN[C@H]3[C@@H](O)[C@H](N)C[C@H](N)[C@H]3O[C@H]3O[C@H](CN)[C@@H](O)[C@H](O)[C@H]3N)O2)c(=O)[nH]c1=O. The van der Waals surface area contributed by atoms with Gasteiger partial charge in [0.05, 0.1) is 30.4 Å². The average molecular weight is 659 g/mol. The molecule has 3 heterocycles. The number of aryl methyl sites for hydroxylation is 1. The van der Waals surface area contributed by atoms with Crippen molar-refractivity contribution in [2.75, 3.05) is 19.6 Å². The fourth-order valence-electron chi connectivity index (χ4n) is 6.21. The van der Waals surface area contributed by atoms with E-state index in [-0.39, 0.29) is 19.4 Å². The summed E-state index contributed by atoms with van der Waals surface area (Å²) in [6.07, 6.45) is -4.81. The van der Waals surface area contributed by atoms with E-state index in [2.05, 4.69) is 15.6 Å².